The number of hydrogen-bond acceptors (Lipinski definition) is 4. The van der Waals surface area contributed by atoms with Crippen molar-refractivity contribution in [3.05, 3.63) is 0 Å². The molecule has 88 valence electrons. The Morgan fingerprint density at radius 1 is 1.47 bits per heavy atom. The van der Waals surface area contributed by atoms with Crippen LogP contribution in [0.5, 0.6) is 0 Å². The molecular weight excluding hydrogens is 218 g/mol. The van der Waals surface area contributed by atoms with Gasteiger partial charge in [-0.05, 0) is 5.92 Å². The first kappa shape index (κ1) is 12.4. The number of hydrogen-bond donors (Lipinski definition) is 2. The lowest BCUT2D eigenvalue weighted by Crippen LogP contribution is -2.42. The number of aliphatic hydroxyl groups is 1. The quantitative estimate of drug-likeness (QED) is 0.678. The van der Waals surface area contributed by atoms with Crippen LogP contribution in [0.1, 0.15) is 20.3 Å². The predicted molar refractivity (Wildman–Crippen MR) is 56.0 cm³/mol. The van der Waals surface area contributed by atoms with E-state index in [-0.39, 0.29) is 23.3 Å². The van der Waals surface area contributed by atoms with Gasteiger partial charge in [0.15, 0.2) is 9.84 Å². The van der Waals surface area contributed by atoms with Crippen LogP contribution >= 0.6 is 0 Å². The van der Waals surface area contributed by atoms with E-state index < -0.39 is 22.0 Å². The fourth-order valence-electron chi connectivity index (χ4n) is 1.60. The number of rotatable bonds is 3. The highest BCUT2D eigenvalue weighted by atomic mass is 32.2. The molecule has 0 unspecified atom stereocenters. The molecule has 0 bridgehead atoms. The van der Waals surface area contributed by atoms with Crippen LogP contribution in [-0.4, -0.2) is 43.1 Å². The second kappa shape index (κ2) is 4.49. The average molecular weight is 235 g/mol. The van der Waals surface area contributed by atoms with Crippen LogP contribution in [-0.2, 0) is 14.6 Å². The molecule has 1 saturated heterocycles. The maximum Gasteiger partial charge on any atom is 0.220 e. The molecule has 0 radical (unpaired) electrons. The summed E-state index contributed by atoms with van der Waals surface area (Å²) in [5, 5.41) is 12.0. The summed E-state index contributed by atoms with van der Waals surface area (Å²) in [5.41, 5.74) is 0. The third kappa shape index (κ3) is 3.79. The van der Waals surface area contributed by atoms with E-state index in [0.29, 0.717) is 6.42 Å². The molecule has 0 aromatic heterocycles. The molecule has 1 heterocycles. The van der Waals surface area contributed by atoms with Gasteiger partial charge in [-0.15, -0.1) is 0 Å². The van der Waals surface area contributed by atoms with Crippen LogP contribution in [0.15, 0.2) is 0 Å². The van der Waals surface area contributed by atoms with Gasteiger partial charge in [0.25, 0.3) is 0 Å². The fourth-order valence-corrected chi connectivity index (χ4v) is 3.34. The summed E-state index contributed by atoms with van der Waals surface area (Å²) in [6.45, 7) is 3.81. The molecule has 1 amide bonds. The smallest absolute Gasteiger partial charge is 0.220 e. The van der Waals surface area contributed by atoms with Crippen molar-refractivity contribution in [3.8, 4) is 0 Å². The molecule has 2 atom stereocenters. The number of sulfone groups is 1. The molecule has 1 fully saturated rings. The first-order valence-electron chi connectivity index (χ1n) is 4.98. The van der Waals surface area contributed by atoms with Gasteiger partial charge in [0, 0.05) is 6.42 Å². The van der Waals surface area contributed by atoms with Gasteiger partial charge in [-0.3, -0.25) is 4.79 Å². The number of aliphatic hydroxyl groups excluding tert-OH is 1. The number of carbonyl (C=O) groups excluding carboxylic acids is 1. The fraction of sp³-hybridized carbons (Fsp3) is 0.889. The topological polar surface area (TPSA) is 83.5 Å². The lowest BCUT2D eigenvalue weighted by Gasteiger charge is -2.15. The average Bonchev–Trinajstić information content (AvgIpc) is 2.22. The number of carbonyl (C=O) groups is 1. The van der Waals surface area contributed by atoms with Crippen molar-refractivity contribution in [3.63, 3.8) is 0 Å². The molecule has 6 heteroatoms. The molecule has 1 aliphatic heterocycles. The highest BCUT2D eigenvalue weighted by molar-refractivity contribution is 7.91. The van der Waals surface area contributed by atoms with E-state index in [4.69, 9.17) is 0 Å². The molecule has 0 saturated carbocycles. The van der Waals surface area contributed by atoms with Gasteiger partial charge in [0.05, 0.1) is 23.7 Å². The van der Waals surface area contributed by atoms with E-state index in [2.05, 4.69) is 5.32 Å². The van der Waals surface area contributed by atoms with Crippen LogP contribution in [0.4, 0.5) is 0 Å². The van der Waals surface area contributed by atoms with E-state index in [9.17, 15) is 18.3 Å². The molecule has 0 aromatic carbocycles. The number of amides is 1. The van der Waals surface area contributed by atoms with E-state index in [0.717, 1.165) is 0 Å². The first-order chi connectivity index (χ1) is 6.80. The van der Waals surface area contributed by atoms with Gasteiger partial charge in [-0.1, -0.05) is 13.8 Å². The Labute approximate surface area is 89.8 Å². The normalized spacial score (nSPS) is 29.3. The van der Waals surface area contributed by atoms with Crippen molar-refractivity contribution in [1.29, 1.82) is 0 Å². The summed E-state index contributed by atoms with van der Waals surface area (Å²) in [5.74, 6) is -0.385. The van der Waals surface area contributed by atoms with Gasteiger partial charge < -0.3 is 10.4 Å². The van der Waals surface area contributed by atoms with Gasteiger partial charge in [-0.25, -0.2) is 8.42 Å². The van der Waals surface area contributed by atoms with E-state index >= 15 is 0 Å². The van der Waals surface area contributed by atoms with Gasteiger partial charge >= 0.3 is 0 Å². The Kier molecular flexibility index (Phi) is 3.72. The van der Waals surface area contributed by atoms with Crippen molar-refractivity contribution in [2.75, 3.05) is 11.5 Å². The minimum absolute atomic E-state index is 0.155. The van der Waals surface area contributed by atoms with Crippen LogP contribution in [0, 0.1) is 5.92 Å². The third-order valence-electron chi connectivity index (χ3n) is 2.26. The van der Waals surface area contributed by atoms with Crippen molar-refractivity contribution in [2.24, 2.45) is 5.92 Å². The second-order valence-corrected chi connectivity index (χ2v) is 6.57. The van der Waals surface area contributed by atoms with Crippen molar-refractivity contribution < 1.29 is 18.3 Å². The minimum Gasteiger partial charge on any atom is -0.390 e. The summed E-state index contributed by atoms with van der Waals surface area (Å²) in [6, 6.07) is -0.638. The monoisotopic (exact) mass is 235 g/mol. The van der Waals surface area contributed by atoms with Crippen LogP contribution in [0.25, 0.3) is 0 Å². The Morgan fingerprint density at radius 3 is 2.47 bits per heavy atom. The minimum atomic E-state index is -3.18. The Hall–Kier alpha value is -0.620. The Bertz CT molecular complexity index is 336. The first-order valence-corrected chi connectivity index (χ1v) is 6.80. The molecule has 0 aromatic rings. The molecule has 15 heavy (non-hydrogen) atoms. The summed E-state index contributed by atoms with van der Waals surface area (Å²) in [7, 11) is -3.18. The predicted octanol–water partition coefficient (Wildman–Crippen LogP) is -0.693. The van der Waals surface area contributed by atoms with E-state index in [1.54, 1.807) is 0 Å². The Morgan fingerprint density at radius 2 is 2.07 bits per heavy atom. The van der Waals surface area contributed by atoms with Gasteiger partial charge in [0.2, 0.25) is 5.91 Å². The van der Waals surface area contributed by atoms with Gasteiger partial charge in [-0.2, -0.15) is 0 Å². The van der Waals surface area contributed by atoms with Crippen molar-refractivity contribution >= 4 is 15.7 Å². The highest BCUT2D eigenvalue weighted by Crippen LogP contribution is 2.13. The van der Waals surface area contributed by atoms with Crippen LogP contribution in [0.2, 0.25) is 0 Å². The summed E-state index contributed by atoms with van der Waals surface area (Å²) in [6.07, 6.45) is -0.616. The molecule has 2 N–H and O–H groups in total. The molecule has 5 nitrogen and oxygen atoms in total. The van der Waals surface area contributed by atoms with Crippen molar-refractivity contribution in [2.45, 2.75) is 32.4 Å². The zero-order chi connectivity index (χ0) is 11.6. The summed E-state index contributed by atoms with van der Waals surface area (Å²) in [4.78, 5) is 11.3. The highest BCUT2D eigenvalue weighted by Gasteiger charge is 2.37. The lowest BCUT2D eigenvalue weighted by atomic mass is 10.1. The molecular formula is C9H17NO4S. The molecule has 0 aliphatic carbocycles. The largest absolute Gasteiger partial charge is 0.390 e. The van der Waals surface area contributed by atoms with E-state index in [1.807, 2.05) is 13.8 Å². The summed E-state index contributed by atoms with van der Waals surface area (Å²) >= 11 is 0. The lowest BCUT2D eigenvalue weighted by molar-refractivity contribution is -0.122. The SMILES string of the molecule is CC(C)CC(=O)N[C@@H]1CS(=O)(=O)C[C@@H]1O. The zero-order valence-corrected chi connectivity index (χ0v) is 9.75. The molecule has 1 rings (SSSR count). The van der Waals surface area contributed by atoms with Gasteiger partial charge in [0.1, 0.15) is 0 Å². The van der Waals surface area contributed by atoms with Crippen molar-refractivity contribution in [1.82, 2.24) is 5.32 Å². The second-order valence-electron chi connectivity index (χ2n) is 4.42. The Balaban J connectivity index is 2.50. The third-order valence-corrected chi connectivity index (χ3v) is 3.98. The van der Waals surface area contributed by atoms with E-state index in [1.165, 1.54) is 0 Å². The zero-order valence-electron chi connectivity index (χ0n) is 8.93. The standard InChI is InChI=1S/C9H17NO4S/c1-6(2)3-9(12)10-7-4-15(13,14)5-8(7)11/h6-8,11H,3-5H2,1-2H3,(H,10,12)/t7-,8+/m1/s1. The summed E-state index contributed by atoms with van der Waals surface area (Å²) < 4.78 is 22.3. The number of nitrogens with one attached hydrogen (secondary N) is 1. The molecule has 0 spiro atoms. The maximum absolute atomic E-state index is 11.3. The van der Waals surface area contributed by atoms with Crippen LogP contribution < -0.4 is 5.32 Å². The van der Waals surface area contributed by atoms with Crippen LogP contribution in [0.3, 0.4) is 0 Å². The maximum atomic E-state index is 11.3. The molecule has 1 aliphatic rings.